The van der Waals surface area contributed by atoms with Crippen LogP contribution < -0.4 is 4.90 Å². The number of methoxy groups -OCH3 is 1. The molecule has 1 fully saturated rings. The van der Waals surface area contributed by atoms with Crippen LogP contribution in [0.15, 0.2) is 24.4 Å². The number of ether oxygens (including phenoxy) is 1. The molecule has 1 saturated heterocycles. The molecule has 1 spiro atoms. The van der Waals surface area contributed by atoms with Gasteiger partial charge in [0.2, 0.25) is 5.91 Å². The van der Waals surface area contributed by atoms with Crippen molar-refractivity contribution in [1.82, 2.24) is 9.88 Å². The summed E-state index contributed by atoms with van der Waals surface area (Å²) in [6.07, 6.45) is 2.56. The monoisotopic (exact) mass is 463 g/mol. The molecule has 0 bridgehead atoms. The van der Waals surface area contributed by atoms with Gasteiger partial charge < -0.3 is 19.6 Å². The predicted octanol–water partition coefficient (Wildman–Crippen LogP) is 3.11. The van der Waals surface area contributed by atoms with Crippen molar-refractivity contribution < 1.29 is 24.2 Å². The van der Waals surface area contributed by atoms with Crippen LogP contribution in [0, 0.1) is 0 Å². The van der Waals surface area contributed by atoms with Crippen molar-refractivity contribution in [3.63, 3.8) is 0 Å². The maximum atomic E-state index is 13.2. The van der Waals surface area contributed by atoms with E-state index < -0.39 is 5.97 Å². The Morgan fingerprint density at radius 3 is 2.87 bits per heavy atom. The van der Waals surface area contributed by atoms with Gasteiger partial charge in [0, 0.05) is 46.8 Å². The average Bonchev–Trinajstić information content (AvgIpc) is 3.45. The number of carboxylic acid groups (broad SMARTS) is 1. The molecular weight excluding hydrogens is 442 g/mol. The third-order valence-corrected chi connectivity index (χ3v) is 7.15. The molecule has 4 rings (SSSR count). The Bertz CT molecular complexity index is 1040. The van der Waals surface area contributed by atoms with E-state index in [-0.39, 0.29) is 30.3 Å². The summed E-state index contributed by atoms with van der Waals surface area (Å²) in [5.41, 5.74) is 1.41. The Kier molecular flexibility index (Phi) is 5.90. The number of aliphatic carboxylic acids is 1. The van der Waals surface area contributed by atoms with Crippen LogP contribution in [0.1, 0.15) is 28.3 Å². The van der Waals surface area contributed by atoms with Crippen molar-refractivity contribution in [3.8, 4) is 0 Å². The molecule has 2 aromatic rings. The van der Waals surface area contributed by atoms with E-state index in [2.05, 4.69) is 4.98 Å². The molecule has 1 unspecified atom stereocenters. The van der Waals surface area contributed by atoms with Crippen LogP contribution >= 0.6 is 22.9 Å². The number of fused-ring (bicyclic) bond motifs is 2. The summed E-state index contributed by atoms with van der Waals surface area (Å²) < 4.78 is 4.88. The minimum absolute atomic E-state index is 0.0368. The van der Waals surface area contributed by atoms with Gasteiger partial charge in [-0.05, 0) is 36.6 Å². The third kappa shape index (κ3) is 4.24. The fourth-order valence-electron chi connectivity index (χ4n) is 4.37. The van der Waals surface area contributed by atoms with Gasteiger partial charge in [-0.25, -0.2) is 9.78 Å². The quantitative estimate of drug-likeness (QED) is 0.731. The van der Waals surface area contributed by atoms with Gasteiger partial charge in [-0.3, -0.25) is 9.59 Å². The van der Waals surface area contributed by atoms with Gasteiger partial charge in [-0.1, -0.05) is 11.6 Å². The number of amides is 2. The molecule has 2 aliphatic rings. The van der Waals surface area contributed by atoms with Gasteiger partial charge in [-0.2, -0.15) is 0 Å². The first-order valence-corrected chi connectivity index (χ1v) is 11.1. The second-order valence-corrected chi connectivity index (χ2v) is 9.49. The summed E-state index contributed by atoms with van der Waals surface area (Å²) in [5.74, 6) is -0.947. The average molecular weight is 464 g/mol. The summed E-state index contributed by atoms with van der Waals surface area (Å²) in [6, 6.07) is 5.50. The second kappa shape index (κ2) is 8.47. The van der Waals surface area contributed by atoms with Crippen LogP contribution in [0.5, 0.6) is 0 Å². The van der Waals surface area contributed by atoms with Gasteiger partial charge in [0.1, 0.15) is 5.01 Å². The van der Waals surface area contributed by atoms with E-state index in [0.29, 0.717) is 36.1 Å². The molecule has 0 aliphatic carbocycles. The normalized spacial score (nSPS) is 19.7. The molecule has 3 heterocycles. The summed E-state index contributed by atoms with van der Waals surface area (Å²) >= 11 is 7.63. The number of rotatable bonds is 5. The topological polar surface area (TPSA) is 100 Å². The van der Waals surface area contributed by atoms with Crippen molar-refractivity contribution >= 4 is 46.6 Å². The highest BCUT2D eigenvalue weighted by atomic mass is 35.5. The zero-order chi connectivity index (χ0) is 22.2. The molecular formula is C21H22ClN3O5S. The molecule has 2 amide bonds. The number of anilines is 1. The van der Waals surface area contributed by atoms with Crippen LogP contribution in [0.3, 0.4) is 0 Å². The van der Waals surface area contributed by atoms with Gasteiger partial charge in [0.15, 0.2) is 0 Å². The molecule has 31 heavy (non-hydrogen) atoms. The molecule has 1 atom stereocenters. The molecule has 0 radical (unpaired) electrons. The molecule has 1 aromatic heterocycles. The zero-order valence-electron chi connectivity index (χ0n) is 17.0. The Hall–Kier alpha value is -2.65. The lowest BCUT2D eigenvalue weighted by Crippen LogP contribution is -2.40. The minimum atomic E-state index is -0.860. The number of hydrogen-bond acceptors (Lipinski definition) is 6. The fraction of sp³-hybridized carbons (Fsp3) is 0.429. The first kappa shape index (κ1) is 21.6. The van der Waals surface area contributed by atoms with E-state index in [1.807, 2.05) is 12.1 Å². The smallest absolute Gasteiger partial charge is 0.409 e. The number of aryl methyl sites for hydroxylation is 1. The molecule has 10 heteroatoms. The number of aromatic nitrogens is 1. The van der Waals surface area contributed by atoms with Crippen molar-refractivity contribution in [2.45, 2.75) is 31.1 Å². The van der Waals surface area contributed by atoms with E-state index in [1.54, 1.807) is 22.1 Å². The maximum Gasteiger partial charge on any atom is 0.409 e. The standard InChI is InChI=1S/C21H22ClN3O5S/c1-30-20(29)24-7-6-21(11-24)12-25(16-4-2-13(22)8-15(16)21)18(26)9-17-23-10-14(31-17)3-5-19(27)28/h2,4,8,10H,3,5-7,9,11-12H2,1H3,(H,27,28). The van der Waals surface area contributed by atoms with Crippen LogP contribution in [-0.2, 0) is 32.6 Å². The number of hydrogen-bond donors (Lipinski definition) is 1. The van der Waals surface area contributed by atoms with Crippen molar-refractivity contribution in [2.75, 3.05) is 31.6 Å². The van der Waals surface area contributed by atoms with Gasteiger partial charge in [-0.15, -0.1) is 11.3 Å². The first-order valence-electron chi connectivity index (χ1n) is 9.90. The summed E-state index contributed by atoms with van der Waals surface area (Å²) in [5, 5.41) is 10.1. The third-order valence-electron chi connectivity index (χ3n) is 5.86. The lowest BCUT2D eigenvalue weighted by Gasteiger charge is -2.25. The molecule has 1 N–H and O–H groups in total. The number of carboxylic acids is 1. The Labute approximate surface area is 188 Å². The van der Waals surface area contributed by atoms with Crippen LogP contribution in [0.4, 0.5) is 10.5 Å². The van der Waals surface area contributed by atoms with Crippen LogP contribution in [-0.4, -0.2) is 59.7 Å². The van der Waals surface area contributed by atoms with E-state index in [1.165, 1.54) is 18.4 Å². The molecule has 0 saturated carbocycles. The highest BCUT2D eigenvalue weighted by Crippen LogP contribution is 2.47. The van der Waals surface area contributed by atoms with Gasteiger partial charge >= 0.3 is 12.1 Å². The van der Waals surface area contributed by atoms with E-state index in [4.69, 9.17) is 21.4 Å². The SMILES string of the molecule is COC(=O)N1CCC2(C1)CN(C(=O)Cc1ncc(CCC(=O)O)s1)c1ccc(Cl)cc12. The predicted molar refractivity (Wildman–Crippen MR) is 116 cm³/mol. The number of thiazole rings is 1. The number of nitrogens with zero attached hydrogens (tertiary/aromatic N) is 3. The summed E-state index contributed by atoms with van der Waals surface area (Å²) in [6.45, 7) is 1.49. The number of carbonyl (C=O) groups excluding carboxylic acids is 2. The Morgan fingerprint density at radius 1 is 1.32 bits per heavy atom. The van der Waals surface area contributed by atoms with Gasteiger partial charge in [0.05, 0.1) is 20.0 Å². The second-order valence-electron chi connectivity index (χ2n) is 7.85. The number of benzene rings is 1. The Balaban J connectivity index is 1.54. The van der Waals surface area contributed by atoms with Gasteiger partial charge in [0.25, 0.3) is 0 Å². The maximum absolute atomic E-state index is 13.2. The zero-order valence-corrected chi connectivity index (χ0v) is 18.5. The van der Waals surface area contributed by atoms with E-state index in [0.717, 1.165) is 22.5 Å². The van der Waals surface area contributed by atoms with Crippen molar-refractivity contribution in [3.05, 3.63) is 44.9 Å². The largest absolute Gasteiger partial charge is 0.481 e. The number of halogens is 1. The van der Waals surface area contributed by atoms with Crippen molar-refractivity contribution in [2.24, 2.45) is 0 Å². The fourth-order valence-corrected chi connectivity index (χ4v) is 5.46. The lowest BCUT2D eigenvalue weighted by atomic mass is 9.81. The number of carbonyl (C=O) groups is 3. The molecule has 1 aromatic carbocycles. The highest BCUT2D eigenvalue weighted by molar-refractivity contribution is 7.11. The lowest BCUT2D eigenvalue weighted by molar-refractivity contribution is -0.137. The number of likely N-dealkylation sites (tertiary alicyclic amines) is 1. The van der Waals surface area contributed by atoms with Crippen LogP contribution in [0.25, 0.3) is 0 Å². The molecule has 8 nitrogen and oxygen atoms in total. The summed E-state index contributed by atoms with van der Waals surface area (Å²) in [7, 11) is 1.36. The molecule has 2 aliphatic heterocycles. The first-order chi connectivity index (χ1) is 14.8. The Morgan fingerprint density at radius 2 is 2.13 bits per heavy atom. The summed E-state index contributed by atoms with van der Waals surface area (Å²) in [4.78, 5) is 44.6. The van der Waals surface area contributed by atoms with E-state index >= 15 is 0 Å². The molecule has 164 valence electrons. The van der Waals surface area contributed by atoms with E-state index in [9.17, 15) is 14.4 Å². The van der Waals surface area contributed by atoms with Crippen LogP contribution in [0.2, 0.25) is 5.02 Å². The minimum Gasteiger partial charge on any atom is -0.481 e. The highest BCUT2D eigenvalue weighted by Gasteiger charge is 2.50. The van der Waals surface area contributed by atoms with Crippen molar-refractivity contribution in [1.29, 1.82) is 0 Å².